The van der Waals surface area contributed by atoms with Crippen LogP contribution in [0.2, 0.25) is 0 Å². The molecule has 58 heavy (non-hydrogen) atoms. The number of fused-ring (bicyclic) bond motifs is 8. The summed E-state index contributed by atoms with van der Waals surface area (Å²) in [5.74, 6) is 4.44. The van der Waals surface area contributed by atoms with E-state index in [1.165, 1.54) is 80.7 Å². The molecule has 1 aliphatic carbocycles. The fraction of sp³-hybridized carbons (Fsp3) is 0.111. The third kappa shape index (κ3) is 5.70. The van der Waals surface area contributed by atoms with Gasteiger partial charge in [0, 0.05) is 17.1 Å². The van der Waals surface area contributed by atoms with Crippen LogP contribution in [0.5, 0.6) is 23.0 Å². The number of para-hydroxylation sites is 4. The minimum absolute atomic E-state index is 0.511. The average Bonchev–Trinajstić information content (AvgIpc) is 3.30. The Kier molecular flexibility index (Phi) is 8.59. The second-order valence-electron chi connectivity index (χ2n) is 15.8. The van der Waals surface area contributed by atoms with Crippen molar-refractivity contribution in [2.75, 3.05) is 4.90 Å². The number of nitrogens with zero attached hydrogens (tertiary/aromatic N) is 1. The Morgan fingerprint density at radius 3 is 1.53 bits per heavy atom. The summed E-state index contributed by atoms with van der Waals surface area (Å²) in [6.07, 6.45) is 6.31. The largest absolute Gasteiger partial charge is 0.458 e. The van der Waals surface area contributed by atoms with E-state index >= 15 is 0 Å². The molecule has 280 valence electrons. The van der Waals surface area contributed by atoms with Gasteiger partial charge in [0.15, 0.2) is 8.07 Å². The van der Waals surface area contributed by atoms with Crippen LogP contribution in [0.25, 0.3) is 22.3 Å². The molecular weight excluding hydrogens is 723 g/mol. The second kappa shape index (κ2) is 14.4. The second-order valence-corrected chi connectivity index (χ2v) is 19.5. The molecular formula is C54H43NO2Si. The number of hydrogen-bond donors (Lipinski definition) is 0. The summed E-state index contributed by atoms with van der Waals surface area (Å²) in [6.45, 7) is 0. The van der Waals surface area contributed by atoms with Crippen molar-refractivity contribution < 1.29 is 9.47 Å². The predicted octanol–water partition coefficient (Wildman–Crippen LogP) is 12.1. The van der Waals surface area contributed by atoms with Crippen LogP contribution >= 0.6 is 0 Å². The average molecular weight is 766 g/mol. The highest BCUT2D eigenvalue weighted by molar-refractivity contribution is 7.21. The van der Waals surface area contributed by atoms with E-state index in [4.69, 9.17) is 9.47 Å². The van der Waals surface area contributed by atoms with E-state index in [0.717, 1.165) is 40.1 Å². The number of anilines is 3. The summed E-state index contributed by atoms with van der Waals surface area (Å²) in [5.41, 5.74) is 9.45. The van der Waals surface area contributed by atoms with Crippen molar-refractivity contribution in [3.63, 3.8) is 0 Å². The molecule has 0 radical (unpaired) electrons. The van der Waals surface area contributed by atoms with Crippen LogP contribution in [0.4, 0.5) is 17.1 Å². The number of ether oxygens (including phenoxy) is 2. The Morgan fingerprint density at radius 2 is 0.879 bits per heavy atom. The van der Waals surface area contributed by atoms with Crippen LogP contribution in [0.1, 0.15) is 43.6 Å². The van der Waals surface area contributed by atoms with Gasteiger partial charge in [0.25, 0.3) is 0 Å². The third-order valence-corrected chi connectivity index (χ3v) is 17.4. The maximum atomic E-state index is 7.18. The molecule has 8 aromatic rings. The predicted molar refractivity (Wildman–Crippen MR) is 242 cm³/mol. The summed E-state index contributed by atoms with van der Waals surface area (Å²) < 4.78 is 13.9. The molecule has 2 aliphatic heterocycles. The van der Waals surface area contributed by atoms with Gasteiger partial charge in [-0.05, 0) is 122 Å². The Hall–Kier alpha value is -6.62. The molecule has 11 rings (SSSR count). The molecule has 8 aromatic carbocycles. The van der Waals surface area contributed by atoms with Gasteiger partial charge in [0.05, 0.1) is 0 Å². The molecule has 0 unspecified atom stereocenters. The zero-order valence-corrected chi connectivity index (χ0v) is 33.4. The van der Waals surface area contributed by atoms with Gasteiger partial charge in [0.1, 0.15) is 23.0 Å². The molecule has 0 atom stereocenters. The van der Waals surface area contributed by atoms with Gasteiger partial charge in [-0.1, -0.05) is 159 Å². The summed E-state index contributed by atoms with van der Waals surface area (Å²) in [4.78, 5) is 2.33. The van der Waals surface area contributed by atoms with E-state index in [1.54, 1.807) is 0 Å². The van der Waals surface area contributed by atoms with Crippen molar-refractivity contribution >= 4 is 45.9 Å². The lowest BCUT2D eigenvalue weighted by molar-refractivity contribution is 0.420. The zero-order chi connectivity index (χ0) is 38.5. The first-order chi connectivity index (χ1) is 28.8. The van der Waals surface area contributed by atoms with E-state index in [9.17, 15) is 0 Å². The van der Waals surface area contributed by atoms with Crippen LogP contribution in [0, 0.1) is 0 Å². The van der Waals surface area contributed by atoms with Gasteiger partial charge in [-0.25, -0.2) is 0 Å². The lowest BCUT2D eigenvalue weighted by Gasteiger charge is -2.44. The first-order valence-corrected chi connectivity index (χ1v) is 22.7. The van der Waals surface area contributed by atoms with E-state index in [0.29, 0.717) is 5.92 Å². The fourth-order valence-electron chi connectivity index (χ4n) is 9.88. The van der Waals surface area contributed by atoms with Crippen LogP contribution in [-0.2, 0) is 0 Å². The molecule has 0 saturated heterocycles. The summed E-state index contributed by atoms with van der Waals surface area (Å²) in [6, 6.07) is 70.5. The van der Waals surface area contributed by atoms with Crippen LogP contribution in [0.15, 0.2) is 194 Å². The van der Waals surface area contributed by atoms with Crippen molar-refractivity contribution in [2.45, 2.75) is 38.0 Å². The quantitative estimate of drug-likeness (QED) is 0.157. The highest BCUT2D eigenvalue weighted by Crippen LogP contribution is 2.44. The normalized spacial score (nSPS) is 14.9. The Bertz CT molecular complexity index is 2710. The maximum Gasteiger partial charge on any atom is 0.196 e. The smallest absolute Gasteiger partial charge is 0.196 e. The van der Waals surface area contributed by atoms with E-state index in [2.05, 4.69) is 199 Å². The van der Waals surface area contributed by atoms with Crippen molar-refractivity contribution in [1.82, 2.24) is 0 Å². The highest BCUT2D eigenvalue weighted by atomic mass is 28.3. The molecule has 4 heteroatoms. The summed E-state index contributed by atoms with van der Waals surface area (Å²) >= 11 is 0. The summed E-state index contributed by atoms with van der Waals surface area (Å²) in [7, 11) is -2.92. The van der Waals surface area contributed by atoms with Gasteiger partial charge in [-0.15, -0.1) is 0 Å². The standard InChI is InChI=1S/C54H43NO2Si/c1-4-15-38(16-5-1)39-27-32-44(33-28-39)55(43-19-8-3-9-20-43)45-34-29-40(30-35-45)42-31-36-49-53(37-42)58(50-24-12-10-22-47(50)56-48-23-11-13-25-51(48)58)52-26-14-21-46(54(52)57-49)41-17-6-2-7-18-41/h1,3-5,8-16,19-37,41H,2,6-7,17-18H2. The Morgan fingerprint density at radius 1 is 0.379 bits per heavy atom. The summed E-state index contributed by atoms with van der Waals surface area (Å²) in [5, 5.41) is 5.17. The van der Waals surface area contributed by atoms with Crippen molar-refractivity contribution in [1.29, 1.82) is 0 Å². The van der Waals surface area contributed by atoms with E-state index in [-0.39, 0.29) is 0 Å². The molecule has 0 aromatic heterocycles. The van der Waals surface area contributed by atoms with Gasteiger partial charge in [-0.2, -0.15) is 0 Å². The number of hydrogen-bond acceptors (Lipinski definition) is 3. The fourth-order valence-corrected chi connectivity index (χ4v) is 15.1. The molecule has 3 nitrogen and oxygen atoms in total. The van der Waals surface area contributed by atoms with Crippen LogP contribution in [0.3, 0.4) is 0 Å². The Labute approximate surface area is 341 Å². The lowest BCUT2D eigenvalue weighted by Crippen LogP contribution is -2.77. The molecule has 1 spiro atoms. The monoisotopic (exact) mass is 765 g/mol. The van der Waals surface area contributed by atoms with E-state index in [1.807, 2.05) is 0 Å². The third-order valence-electron chi connectivity index (χ3n) is 12.6. The van der Waals surface area contributed by atoms with Gasteiger partial charge in [-0.3, -0.25) is 0 Å². The van der Waals surface area contributed by atoms with E-state index < -0.39 is 8.07 Å². The minimum Gasteiger partial charge on any atom is -0.458 e. The minimum atomic E-state index is -2.92. The number of rotatable bonds is 6. The zero-order valence-electron chi connectivity index (χ0n) is 32.4. The lowest BCUT2D eigenvalue weighted by atomic mass is 9.83. The maximum absolute atomic E-state index is 7.18. The molecule has 0 amide bonds. The Balaban J connectivity index is 1.04. The van der Waals surface area contributed by atoms with Crippen LogP contribution < -0.4 is 35.1 Å². The van der Waals surface area contributed by atoms with Crippen molar-refractivity contribution in [3.05, 3.63) is 200 Å². The van der Waals surface area contributed by atoms with Gasteiger partial charge < -0.3 is 14.4 Å². The topological polar surface area (TPSA) is 21.7 Å². The molecule has 2 heterocycles. The van der Waals surface area contributed by atoms with Gasteiger partial charge >= 0.3 is 0 Å². The first-order valence-electron chi connectivity index (χ1n) is 20.7. The SMILES string of the molecule is c1ccc(-c2ccc(N(c3ccccc3)c3ccc(-c4ccc5c(c4)[Si]4(c6ccccc6Oc6ccccc64)c4cccc(C6CCCCC6)c4O5)cc3)cc2)cc1. The molecule has 1 fully saturated rings. The van der Waals surface area contributed by atoms with Crippen LogP contribution in [-0.4, -0.2) is 8.07 Å². The molecule has 0 bridgehead atoms. The van der Waals surface area contributed by atoms with Crippen molar-refractivity contribution in [3.8, 4) is 45.3 Å². The van der Waals surface area contributed by atoms with Crippen molar-refractivity contribution in [2.24, 2.45) is 0 Å². The molecule has 0 N–H and O–H groups in total. The number of benzene rings is 8. The first kappa shape index (κ1) is 34.6. The van der Waals surface area contributed by atoms with Gasteiger partial charge in [0.2, 0.25) is 0 Å². The molecule has 1 saturated carbocycles. The highest BCUT2D eigenvalue weighted by Gasteiger charge is 2.53. The molecule has 3 aliphatic rings.